The Hall–Kier alpha value is -3.48. The fraction of sp³-hybridized carbons (Fsp3) is 0.200. The molecule has 0 saturated carbocycles. The molecule has 138 valence electrons. The molecule has 0 fully saturated rings. The van der Waals surface area contributed by atoms with E-state index in [0.717, 1.165) is 5.56 Å². The number of aromatic hydroxyl groups is 1. The van der Waals surface area contributed by atoms with Gasteiger partial charge in [-0.2, -0.15) is 5.11 Å². The van der Waals surface area contributed by atoms with Crippen LogP contribution in [0.25, 0.3) is 11.3 Å². The molecular formula is C20H21N5O2. The van der Waals surface area contributed by atoms with Crippen LogP contribution in [-0.4, -0.2) is 14.5 Å². The molecule has 0 saturated heterocycles. The van der Waals surface area contributed by atoms with Crippen LogP contribution >= 0.6 is 0 Å². The number of aromatic nitrogens is 2. The first kappa shape index (κ1) is 18.3. The predicted octanol–water partition coefficient (Wildman–Crippen LogP) is 3.64. The molecule has 2 aromatic heterocycles. The van der Waals surface area contributed by atoms with Gasteiger partial charge in [-0.3, -0.25) is 9.20 Å². The van der Waals surface area contributed by atoms with Gasteiger partial charge in [0.1, 0.15) is 5.70 Å². The van der Waals surface area contributed by atoms with Gasteiger partial charge in [-0.25, -0.2) is 10.5 Å². The van der Waals surface area contributed by atoms with Crippen LogP contribution in [0.1, 0.15) is 36.5 Å². The van der Waals surface area contributed by atoms with E-state index in [9.17, 15) is 9.90 Å². The molecule has 0 aliphatic rings. The highest BCUT2D eigenvalue weighted by Crippen LogP contribution is 2.28. The van der Waals surface area contributed by atoms with E-state index in [-0.39, 0.29) is 28.6 Å². The van der Waals surface area contributed by atoms with Crippen molar-refractivity contribution in [3.8, 4) is 5.75 Å². The van der Waals surface area contributed by atoms with Gasteiger partial charge in [-0.05, 0) is 17.5 Å². The molecule has 7 heteroatoms. The maximum absolute atomic E-state index is 12.5. The van der Waals surface area contributed by atoms with Gasteiger partial charge in [0.25, 0.3) is 5.56 Å². The summed E-state index contributed by atoms with van der Waals surface area (Å²) in [5.74, 6) is -0.154. The van der Waals surface area contributed by atoms with Gasteiger partial charge >= 0.3 is 0 Å². The lowest BCUT2D eigenvalue weighted by molar-refractivity contribution is 0.474. The number of rotatable bonds is 6. The summed E-state index contributed by atoms with van der Waals surface area (Å²) in [4.78, 5) is 16.8. The van der Waals surface area contributed by atoms with Gasteiger partial charge in [0, 0.05) is 30.7 Å². The lowest BCUT2D eigenvalue weighted by Gasteiger charge is -2.11. The first-order valence-electron chi connectivity index (χ1n) is 8.61. The first-order chi connectivity index (χ1) is 13.0. The highest BCUT2D eigenvalue weighted by molar-refractivity contribution is 5.74. The average Bonchev–Trinajstić information content (AvgIpc) is 2.67. The highest BCUT2D eigenvalue weighted by Gasteiger charge is 2.15. The second kappa shape index (κ2) is 7.82. The second-order valence-corrected chi connectivity index (χ2v) is 6.45. The van der Waals surface area contributed by atoms with Crippen LogP contribution in [0.5, 0.6) is 5.75 Å². The summed E-state index contributed by atoms with van der Waals surface area (Å²) in [6, 6.07) is 11.4. The molecule has 0 amide bonds. The zero-order valence-corrected chi connectivity index (χ0v) is 15.2. The summed E-state index contributed by atoms with van der Waals surface area (Å²) in [6.07, 6.45) is 4.59. The first-order valence-corrected chi connectivity index (χ1v) is 8.61. The largest absolute Gasteiger partial charge is 0.504 e. The minimum absolute atomic E-state index is 0.0320. The molecule has 2 heterocycles. The van der Waals surface area contributed by atoms with Gasteiger partial charge in [0.05, 0.1) is 5.56 Å². The maximum Gasteiger partial charge on any atom is 0.261 e. The Morgan fingerprint density at radius 2 is 2.07 bits per heavy atom. The third kappa shape index (κ3) is 3.72. The minimum atomic E-state index is -0.215. The summed E-state index contributed by atoms with van der Waals surface area (Å²) in [5.41, 5.74) is 9.58. The van der Waals surface area contributed by atoms with Crippen LogP contribution in [-0.2, 0) is 6.54 Å². The summed E-state index contributed by atoms with van der Waals surface area (Å²) in [5, 5.41) is 17.2. The molecular weight excluding hydrogens is 342 g/mol. The average molecular weight is 363 g/mol. The Bertz CT molecular complexity index is 1060. The Balaban J connectivity index is 1.96. The van der Waals surface area contributed by atoms with E-state index in [1.165, 1.54) is 10.6 Å². The van der Waals surface area contributed by atoms with Gasteiger partial charge in [-0.15, -0.1) is 0 Å². The molecule has 3 rings (SSSR count). The summed E-state index contributed by atoms with van der Waals surface area (Å²) in [7, 11) is 0. The zero-order valence-electron chi connectivity index (χ0n) is 15.2. The van der Waals surface area contributed by atoms with Crippen molar-refractivity contribution in [1.82, 2.24) is 14.7 Å². The molecule has 0 atom stereocenters. The van der Waals surface area contributed by atoms with E-state index in [1.54, 1.807) is 18.5 Å². The SMILES string of the molecule is CC(C)c1cnc2c(O)c(/C(=C/NCc3ccccc3)N=N)ccn2c1=O. The van der Waals surface area contributed by atoms with Crippen LogP contribution in [0.3, 0.4) is 0 Å². The number of hydrogen-bond acceptors (Lipinski definition) is 6. The number of hydrogen-bond donors (Lipinski definition) is 3. The van der Waals surface area contributed by atoms with Crippen LogP contribution in [0.15, 0.2) is 64.9 Å². The lowest BCUT2D eigenvalue weighted by Crippen LogP contribution is -2.20. The molecule has 27 heavy (non-hydrogen) atoms. The summed E-state index contributed by atoms with van der Waals surface area (Å²) < 4.78 is 1.31. The van der Waals surface area contributed by atoms with Gasteiger partial charge in [0.15, 0.2) is 11.4 Å². The molecule has 7 nitrogen and oxygen atoms in total. The zero-order chi connectivity index (χ0) is 19.4. The molecule has 0 aliphatic carbocycles. The molecule has 0 aliphatic heterocycles. The number of pyridine rings is 1. The number of nitrogens with zero attached hydrogens (tertiary/aromatic N) is 3. The minimum Gasteiger partial charge on any atom is -0.504 e. The van der Waals surface area contributed by atoms with Crippen molar-refractivity contribution in [1.29, 1.82) is 5.53 Å². The monoisotopic (exact) mass is 363 g/mol. The lowest BCUT2D eigenvalue weighted by atomic mass is 10.1. The molecule has 3 N–H and O–H groups in total. The van der Waals surface area contributed by atoms with Gasteiger partial charge in [0.2, 0.25) is 0 Å². The topological polar surface area (TPSA) is 103 Å². The van der Waals surface area contributed by atoms with Crippen molar-refractivity contribution < 1.29 is 5.11 Å². The smallest absolute Gasteiger partial charge is 0.261 e. The Morgan fingerprint density at radius 1 is 1.33 bits per heavy atom. The van der Waals surface area contributed by atoms with Crippen molar-refractivity contribution in [2.24, 2.45) is 5.11 Å². The van der Waals surface area contributed by atoms with Crippen molar-refractivity contribution in [3.05, 3.63) is 82.0 Å². The van der Waals surface area contributed by atoms with Crippen LogP contribution < -0.4 is 10.9 Å². The fourth-order valence-corrected chi connectivity index (χ4v) is 2.78. The molecule has 0 bridgehead atoms. The predicted molar refractivity (Wildman–Crippen MR) is 104 cm³/mol. The molecule has 0 spiro atoms. The molecule has 0 unspecified atom stereocenters. The Morgan fingerprint density at radius 3 is 2.74 bits per heavy atom. The van der Waals surface area contributed by atoms with Crippen molar-refractivity contribution >= 4 is 11.3 Å². The summed E-state index contributed by atoms with van der Waals surface area (Å²) >= 11 is 0. The van der Waals surface area contributed by atoms with E-state index < -0.39 is 0 Å². The number of benzene rings is 1. The quantitative estimate of drug-likeness (QED) is 0.582. The standard InChI is InChI=1S/C20H21N5O2/c1-13(2)16-11-23-19-18(26)15(8-9-25(19)20(16)27)17(24-21)12-22-10-14-6-4-3-5-7-14/h3-9,11-13,21-22,26H,10H2,1-2H3/b17-12-,24-21?. The van der Waals surface area contributed by atoms with Crippen LogP contribution in [0.4, 0.5) is 0 Å². The summed E-state index contributed by atoms with van der Waals surface area (Å²) in [6.45, 7) is 4.39. The van der Waals surface area contributed by atoms with Gasteiger partial charge in [-0.1, -0.05) is 44.2 Å². The van der Waals surface area contributed by atoms with Crippen LogP contribution in [0.2, 0.25) is 0 Å². The Kier molecular flexibility index (Phi) is 5.30. The Labute approximate surface area is 156 Å². The van der Waals surface area contributed by atoms with Crippen molar-refractivity contribution in [2.75, 3.05) is 0 Å². The molecule has 1 aromatic carbocycles. The third-order valence-electron chi connectivity index (χ3n) is 4.28. The second-order valence-electron chi connectivity index (χ2n) is 6.45. The van der Waals surface area contributed by atoms with Crippen molar-refractivity contribution in [3.63, 3.8) is 0 Å². The number of fused-ring (bicyclic) bond motifs is 1. The normalized spacial score (nSPS) is 11.7. The van der Waals surface area contributed by atoms with E-state index in [0.29, 0.717) is 17.7 Å². The van der Waals surface area contributed by atoms with E-state index in [4.69, 9.17) is 5.53 Å². The van der Waals surface area contributed by atoms with E-state index in [1.807, 2.05) is 44.2 Å². The molecule has 3 aromatic rings. The van der Waals surface area contributed by atoms with E-state index >= 15 is 0 Å². The number of nitrogens with one attached hydrogen (secondary N) is 2. The van der Waals surface area contributed by atoms with E-state index in [2.05, 4.69) is 15.4 Å². The van der Waals surface area contributed by atoms with Crippen LogP contribution in [0, 0.1) is 5.53 Å². The fourth-order valence-electron chi connectivity index (χ4n) is 2.78. The maximum atomic E-state index is 12.5. The van der Waals surface area contributed by atoms with Crippen molar-refractivity contribution in [2.45, 2.75) is 26.3 Å². The highest BCUT2D eigenvalue weighted by atomic mass is 16.3. The van der Waals surface area contributed by atoms with Gasteiger partial charge < -0.3 is 10.4 Å². The third-order valence-corrected chi connectivity index (χ3v) is 4.28. The molecule has 0 radical (unpaired) electrons.